The maximum atomic E-state index is 13.9. The van der Waals surface area contributed by atoms with Gasteiger partial charge in [-0.15, -0.1) is 0 Å². The van der Waals surface area contributed by atoms with E-state index in [1.54, 1.807) is 59.7 Å². The van der Waals surface area contributed by atoms with Gasteiger partial charge in [0, 0.05) is 3.57 Å². The Bertz CT molecular complexity index is 1600. The maximum Gasteiger partial charge on any atom is 0.343 e. The van der Waals surface area contributed by atoms with E-state index < -0.39 is 29.9 Å². The number of amides is 2. The maximum absolute atomic E-state index is 13.9. The minimum atomic E-state index is -1.00. The van der Waals surface area contributed by atoms with E-state index in [9.17, 15) is 14.4 Å². The smallest absolute Gasteiger partial charge is 0.343 e. The van der Waals surface area contributed by atoms with Gasteiger partial charge in [-0.3, -0.25) is 14.4 Å². The standard InChI is InChI=1S/C31H23IN2O6/c1-38-25-18-20(16-17-24(25)39-31(37)19-10-4-2-5-11-19)27-26-28(40-34(27)21-12-6-3-7-13-21)30(36)33(29(26)35)23-15-9-8-14-22(23)32/h2-18,26-28H,1H3/t26-,27+,28+/m1/s1. The molecule has 2 heterocycles. The average Bonchev–Trinajstić information content (AvgIpc) is 3.50. The third-order valence-corrected chi connectivity index (χ3v) is 7.87. The SMILES string of the molecule is COc1cc([C@H]2[C@H]3C(=O)N(c4ccccc4I)C(=O)[C@H]3ON2c2ccccc2)ccc1OC(=O)c1ccccc1. The fourth-order valence-corrected chi connectivity index (χ4v) is 5.74. The van der Waals surface area contributed by atoms with Crippen molar-refractivity contribution in [3.63, 3.8) is 0 Å². The summed E-state index contributed by atoms with van der Waals surface area (Å²) in [7, 11) is 1.48. The Kier molecular flexibility index (Phi) is 6.99. The highest BCUT2D eigenvalue weighted by Crippen LogP contribution is 2.49. The van der Waals surface area contributed by atoms with Crippen LogP contribution >= 0.6 is 22.6 Å². The predicted molar refractivity (Wildman–Crippen MR) is 156 cm³/mol. The third-order valence-electron chi connectivity index (χ3n) is 6.96. The van der Waals surface area contributed by atoms with Crippen LogP contribution in [0.4, 0.5) is 11.4 Å². The van der Waals surface area contributed by atoms with Gasteiger partial charge >= 0.3 is 5.97 Å². The number of carbonyl (C=O) groups excluding carboxylic acids is 3. The number of nitrogens with zero attached hydrogens (tertiary/aromatic N) is 2. The molecule has 2 amide bonds. The number of ether oxygens (including phenoxy) is 2. The van der Waals surface area contributed by atoms with E-state index in [0.717, 1.165) is 3.57 Å². The van der Waals surface area contributed by atoms with Crippen molar-refractivity contribution in [1.29, 1.82) is 0 Å². The number of hydrogen-bond acceptors (Lipinski definition) is 7. The first-order chi connectivity index (χ1) is 19.5. The van der Waals surface area contributed by atoms with E-state index in [0.29, 0.717) is 28.3 Å². The van der Waals surface area contributed by atoms with Crippen molar-refractivity contribution in [3.05, 3.63) is 118 Å². The molecule has 40 heavy (non-hydrogen) atoms. The summed E-state index contributed by atoms with van der Waals surface area (Å²) in [5, 5.41) is 1.61. The van der Waals surface area contributed by atoms with Crippen molar-refractivity contribution in [2.45, 2.75) is 12.1 Å². The Balaban J connectivity index is 1.39. The number of para-hydroxylation sites is 2. The van der Waals surface area contributed by atoms with Crippen LogP contribution in [0.5, 0.6) is 11.5 Å². The zero-order chi connectivity index (χ0) is 27.8. The lowest BCUT2D eigenvalue weighted by atomic mass is 9.90. The van der Waals surface area contributed by atoms with Crippen LogP contribution in [0.25, 0.3) is 0 Å². The molecule has 4 aromatic carbocycles. The van der Waals surface area contributed by atoms with E-state index in [-0.39, 0.29) is 11.7 Å². The van der Waals surface area contributed by atoms with Crippen LogP contribution in [0.3, 0.4) is 0 Å². The van der Waals surface area contributed by atoms with Gasteiger partial charge in [-0.25, -0.2) is 14.8 Å². The van der Waals surface area contributed by atoms with Crippen molar-refractivity contribution in [2.24, 2.45) is 5.92 Å². The highest BCUT2D eigenvalue weighted by molar-refractivity contribution is 14.1. The normalized spacial score (nSPS) is 20.0. The Hall–Kier alpha value is -4.22. The number of halogens is 1. The molecule has 0 N–H and O–H groups in total. The number of carbonyl (C=O) groups is 3. The summed E-state index contributed by atoms with van der Waals surface area (Å²) in [6.07, 6.45) is -1.00. The first kappa shape index (κ1) is 26.0. The first-order valence-electron chi connectivity index (χ1n) is 12.6. The van der Waals surface area contributed by atoms with E-state index >= 15 is 0 Å². The minimum Gasteiger partial charge on any atom is -0.493 e. The number of rotatable bonds is 6. The summed E-state index contributed by atoms with van der Waals surface area (Å²) in [5.74, 6) is -1.55. The Morgan fingerprint density at radius 3 is 2.20 bits per heavy atom. The first-order valence-corrected chi connectivity index (χ1v) is 13.6. The second-order valence-corrected chi connectivity index (χ2v) is 10.4. The van der Waals surface area contributed by atoms with Crippen molar-refractivity contribution < 1.29 is 28.7 Å². The van der Waals surface area contributed by atoms with Gasteiger partial charge in [-0.1, -0.05) is 54.6 Å². The van der Waals surface area contributed by atoms with Crippen LogP contribution in [0.1, 0.15) is 22.0 Å². The highest BCUT2D eigenvalue weighted by Gasteiger charge is 2.60. The van der Waals surface area contributed by atoms with Crippen LogP contribution in [-0.4, -0.2) is 31.0 Å². The van der Waals surface area contributed by atoms with Gasteiger partial charge in [-0.2, -0.15) is 0 Å². The van der Waals surface area contributed by atoms with Gasteiger partial charge in [0.2, 0.25) is 5.91 Å². The number of esters is 1. The van der Waals surface area contributed by atoms with Gasteiger partial charge < -0.3 is 9.47 Å². The summed E-state index contributed by atoms with van der Waals surface area (Å²) < 4.78 is 12.0. The fourth-order valence-electron chi connectivity index (χ4n) is 5.11. The number of hydroxylamine groups is 1. The second-order valence-electron chi connectivity index (χ2n) is 9.29. The molecule has 4 aromatic rings. The number of imide groups is 1. The number of methoxy groups -OCH3 is 1. The lowest BCUT2D eigenvalue weighted by molar-refractivity contribution is -0.126. The average molecular weight is 646 g/mol. The Morgan fingerprint density at radius 1 is 0.825 bits per heavy atom. The molecule has 0 aliphatic carbocycles. The van der Waals surface area contributed by atoms with Crippen molar-refractivity contribution in [2.75, 3.05) is 17.1 Å². The summed E-state index contributed by atoms with van der Waals surface area (Å²) in [5.41, 5.74) is 2.30. The monoisotopic (exact) mass is 646 g/mol. The number of benzene rings is 4. The quantitative estimate of drug-likeness (QED) is 0.117. The molecule has 0 saturated carbocycles. The van der Waals surface area contributed by atoms with Crippen LogP contribution in [0, 0.1) is 9.49 Å². The van der Waals surface area contributed by atoms with Crippen LogP contribution < -0.4 is 19.4 Å². The van der Waals surface area contributed by atoms with Crippen molar-refractivity contribution >= 4 is 51.7 Å². The van der Waals surface area contributed by atoms with Crippen molar-refractivity contribution in [3.8, 4) is 11.5 Å². The van der Waals surface area contributed by atoms with Crippen LogP contribution in [-0.2, 0) is 14.4 Å². The molecule has 0 aromatic heterocycles. The highest BCUT2D eigenvalue weighted by atomic mass is 127. The molecule has 2 fully saturated rings. The molecule has 0 spiro atoms. The number of hydrogen-bond donors (Lipinski definition) is 0. The Morgan fingerprint density at radius 2 is 1.50 bits per heavy atom. The van der Waals surface area contributed by atoms with E-state index in [1.165, 1.54) is 12.0 Å². The molecule has 8 nitrogen and oxygen atoms in total. The summed E-state index contributed by atoms with van der Waals surface area (Å²) >= 11 is 2.12. The molecule has 0 bridgehead atoms. The minimum absolute atomic E-state index is 0.233. The third kappa shape index (κ3) is 4.50. The molecule has 2 aliphatic heterocycles. The summed E-state index contributed by atoms with van der Waals surface area (Å²) in [6.45, 7) is 0. The van der Waals surface area contributed by atoms with E-state index in [2.05, 4.69) is 22.6 Å². The Labute approximate surface area is 244 Å². The topological polar surface area (TPSA) is 85.4 Å². The van der Waals surface area contributed by atoms with Crippen molar-refractivity contribution in [1.82, 2.24) is 0 Å². The van der Waals surface area contributed by atoms with Gasteiger partial charge in [-0.05, 0) is 76.7 Å². The van der Waals surface area contributed by atoms with Gasteiger partial charge in [0.1, 0.15) is 5.92 Å². The lowest BCUT2D eigenvalue weighted by Crippen LogP contribution is -2.37. The molecular weight excluding hydrogens is 623 g/mol. The number of anilines is 2. The van der Waals surface area contributed by atoms with Gasteiger partial charge in [0.25, 0.3) is 5.91 Å². The zero-order valence-electron chi connectivity index (χ0n) is 21.3. The molecule has 6 rings (SSSR count). The molecule has 9 heteroatoms. The predicted octanol–water partition coefficient (Wildman–Crippen LogP) is 5.57. The van der Waals surface area contributed by atoms with Crippen LogP contribution in [0.2, 0.25) is 0 Å². The molecule has 0 radical (unpaired) electrons. The molecule has 2 aliphatic rings. The molecule has 200 valence electrons. The van der Waals surface area contributed by atoms with Gasteiger partial charge in [0.05, 0.1) is 30.1 Å². The van der Waals surface area contributed by atoms with Gasteiger partial charge in [0.15, 0.2) is 17.6 Å². The molecule has 3 atom stereocenters. The zero-order valence-corrected chi connectivity index (χ0v) is 23.4. The summed E-state index contributed by atoms with van der Waals surface area (Å²) in [6, 6.07) is 29.7. The van der Waals surface area contributed by atoms with Crippen LogP contribution in [0.15, 0.2) is 103 Å². The summed E-state index contributed by atoms with van der Waals surface area (Å²) in [4.78, 5) is 47.7. The number of fused-ring (bicyclic) bond motifs is 1. The lowest BCUT2D eigenvalue weighted by Gasteiger charge is -2.29. The fraction of sp³-hybridized carbons (Fsp3) is 0.129. The second kappa shape index (κ2) is 10.7. The molecule has 0 unspecified atom stereocenters. The largest absolute Gasteiger partial charge is 0.493 e. The molecular formula is C31H23IN2O6. The molecule has 2 saturated heterocycles. The van der Waals surface area contributed by atoms with E-state index in [1.807, 2.05) is 48.5 Å². The van der Waals surface area contributed by atoms with E-state index in [4.69, 9.17) is 14.3 Å².